The van der Waals surface area contributed by atoms with Crippen molar-refractivity contribution in [1.82, 2.24) is 0 Å². The number of hydrogen-bond donors (Lipinski definition) is 1. The maximum atomic E-state index is 10.4. The summed E-state index contributed by atoms with van der Waals surface area (Å²) < 4.78 is 5.66. The van der Waals surface area contributed by atoms with E-state index in [0.717, 1.165) is 22.3 Å². The van der Waals surface area contributed by atoms with Crippen LogP contribution >= 0.6 is 0 Å². The van der Waals surface area contributed by atoms with Crippen LogP contribution in [0.1, 0.15) is 16.7 Å². The van der Waals surface area contributed by atoms with Gasteiger partial charge in [0.05, 0.1) is 19.3 Å². The summed E-state index contributed by atoms with van der Waals surface area (Å²) in [6, 6.07) is 30.2. The molecule has 0 spiro atoms. The van der Waals surface area contributed by atoms with E-state index in [4.69, 9.17) is 4.74 Å². The molecule has 25 heavy (non-hydrogen) atoms. The Hall–Kier alpha value is -2.68. The molecule has 0 aliphatic carbocycles. The molecule has 0 radical (unpaired) electrons. The normalized spacial score (nSPS) is 11.7. The molecule has 3 aromatic rings. The van der Waals surface area contributed by atoms with Crippen molar-refractivity contribution < 1.29 is 9.84 Å². The SMILES string of the molecule is OC(C=C(c1ccccc1)c1ccccc1)COCc1ccccc1. The van der Waals surface area contributed by atoms with E-state index < -0.39 is 6.10 Å². The first-order chi connectivity index (χ1) is 12.3. The Balaban J connectivity index is 1.71. The van der Waals surface area contributed by atoms with Gasteiger partial charge in [0.2, 0.25) is 0 Å². The van der Waals surface area contributed by atoms with E-state index in [1.54, 1.807) is 0 Å². The van der Waals surface area contributed by atoms with E-state index in [1.165, 1.54) is 0 Å². The predicted molar refractivity (Wildman–Crippen MR) is 102 cm³/mol. The van der Waals surface area contributed by atoms with Crippen LogP contribution in [0.4, 0.5) is 0 Å². The van der Waals surface area contributed by atoms with Gasteiger partial charge in [-0.1, -0.05) is 91.0 Å². The number of benzene rings is 3. The van der Waals surface area contributed by atoms with Crippen LogP contribution in [0.15, 0.2) is 97.1 Å². The Morgan fingerprint density at radius 1 is 0.760 bits per heavy atom. The van der Waals surface area contributed by atoms with Crippen molar-refractivity contribution in [1.29, 1.82) is 0 Å². The second kappa shape index (κ2) is 8.97. The summed E-state index contributed by atoms with van der Waals surface area (Å²) in [5, 5.41) is 10.4. The summed E-state index contributed by atoms with van der Waals surface area (Å²) in [5.41, 5.74) is 4.27. The summed E-state index contributed by atoms with van der Waals surface area (Å²) >= 11 is 0. The lowest BCUT2D eigenvalue weighted by Gasteiger charge is -2.13. The molecule has 126 valence electrons. The van der Waals surface area contributed by atoms with E-state index in [-0.39, 0.29) is 6.61 Å². The Morgan fingerprint density at radius 2 is 1.24 bits per heavy atom. The molecule has 3 aromatic carbocycles. The third-order valence-corrected chi connectivity index (χ3v) is 3.93. The van der Waals surface area contributed by atoms with Crippen LogP contribution in [0.2, 0.25) is 0 Å². The molecule has 3 rings (SSSR count). The quantitative estimate of drug-likeness (QED) is 0.680. The molecule has 1 unspecified atom stereocenters. The average Bonchev–Trinajstić information content (AvgIpc) is 2.68. The molecular weight excluding hydrogens is 308 g/mol. The van der Waals surface area contributed by atoms with Crippen LogP contribution < -0.4 is 0 Å². The van der Waals surface area contributed by atoms with Crippen molar-refractivity contribution in [2.24, 2.45) is 0 Å². The molecule has 0 saturated heterocycles. The molecule has 0 fully saturated rings. The fraction of sp³-hybridized carbons (Fsp3) is 0.130. The third-order valence-electron chi connectivity index (χ3n) is 3.93. The van der Waals surface area contributed by atoms with Crippen LogP contribution in [-0.2, 0) is 11.3 Å². The van der Waals surface area contributed by atoms with Gasteiger partial charge >= 0.3 is 0 Å². The van der Waals surface area contributed by atoms with Gasteiger partial charge in [0.1, 0.15) is 0 Å². The zero-order valence-electron chi connectivity index (χ0n) is 14.1. The Labute approximate surface area is 149 Å². The van der Waals surface area contributed by atoms with Gasteiger partial charge in [-0.2, -0.15) is 0 Å². The maximum absolute atomic E-state index is 10.4. The largest absolute Gasteiger partial charge is 0.387 e. The molecule has 0 bridgehead atoms. The lowest BCUT2D eigenvalue weighted by molar-refractivity contribution is 0.0506. The van der Waals surface area contributed by atoms with Crippen molar-refractivity contribution in [3.8, 4) is 0 Å². The number of aliphatic hydroxyl groups is 1. The summed E-state index contributed by atoms with van der Waals surface area (Å²) in [6.45, 7) is 0.760. The highest BCUT2D eigenvalue weighted by atomic mass is 16.5. The molecule has 2 heteroatoms. The first-order valence-corrected chi connectivity index (χ1v) is 8.45. The summed E-state index contributed by atoms with van der Waals surface area (Å²) in [7, 11) is 0. The minimum Gasteiger partial charge on any atom is -0.387 e. The van der Waals surface area contributed by atoms with Crippen molar-refractivity contribution in [3.05, 3.63) is 114 Å². The lowest BCUT2D eigenvalue weighted by Crippen LogP contribution is -2.13. The standard InChI is InChI=1S/C23H22O2/c24-22(18-25-17-19-10-4-1-5-11-19)16-23(20-12-6-2-7-13-20)21-14-8-3-9-15-21/h1-16,22,24H,17-18H2. The average molecular weight is 330 g/mol. The van der Waals surface area contributed by atoms with Crippen LogP contribution in [0.5, 0.6) is 0 Å². The van der Waals surface area contributed by atoms with Gasteiger partial charge in [0, 0.05) is 0 Å². The Bertz CT molecular complexity index is 739. The highest BCUT2D eigenvalue weighted by molar-refractivity contribution is 5.80. The molecule has 1 N–H and O–H groups in total. The highest BCUT2D eigenvalue weighted by Gasteiger charge is 2.08. The molecule has 0 aliphatic rings. The van der Waals surface area contributed by atoms with Gasteiger partial charge in [-0.3, -0.25) is 0 Å². The molecule has 0 aromatic heterocycles. The van der Waals surface area contributed by atoms with E-state index in [0.29, 0.717) is 6.61 Å². The van der Waals surface area contributed by atoms with Crippen LogP contribution in [0, 0.1) is 0 Å². The minimum atomic E-state index is -0.667. The van der Waals surface area contributed by atoms with Gasteiger partial charge in [-0.05, 0) is 28.3 Å². The molecule has 0 heterocycles. The van der Waals surface area contributed by atoms with Crippen molar-refractivity contribution >= 4 is 5.57 Å². The van der Waals surface area contributed by atoms with Gasteiger partial charge in [-0.25, -0.2) is 0 Å². The van der Waals surface area contributed by atoms with Crippen LogP contribution in [-0.4, -0.2) is 17.8 Å². The lowest BCUT2D eigenvalue weighted by atomic mass is 9.96. The van der Waals surface area contributed by atoms with E-state index in [2.05, 4.69) is 24.3 Å². The number of hydrogen-bond acceptors (Lipinski definition) is 2. The van der Waals surface area contributed by atoms with E-state index in [1.807, 2.05) is 72.8 Å². The molecule has 0 amide bonds. The second-order valence-electron chi connectivity index (χ2n) is 5.88. The van der Waals surface area contributed by atoms with Crippen LogP contribution in [0.3, 0.4) is 0 Å². The zero-order valence-corrected chi connectivity index (χ0v) is 14.1. The fourth-order valence-corrected chi connectivity index (χ4v) is 2.71. The van der Waals surface area contributed by atoms with Gasteiger partial charge in [-0.15, -0.1) is 0 Å². The second-order valence-corrected chi connectivity index (χ2v) is 5.88. The van der Waals surface area contributed by atoms with Gasteiger partial charge in [0.15, 0.2) is 0 Å². The molecule has 1 atom stereocenters. The Kier molecular flexibility index (Phi) is 6.16. The molecule has 0 saturated carbocycles. The number of ether oxygens (including phenoxy) is 1. The van der Waals surface area contributed by atoms with E-state index in [9.17, 15) is 5.11 Å². The topological polar surface area (TPSA) is 29.5 Å². The smallest absolute Gasteiger partial charge is 0.0963 e. The molecule has 0 aliphatic heterocycles. The first-order valence-electron chi connectivity index (χ1n) is 8.45. The van der Waals surface area contributed by atoms with Crippen molar-refractivity contribution in [2.75, 3.05) is 6.61 Å². The number of aliphatic hydroxyl groups excluding tert-OH is 1. The monoisotopic (exact) mass is 330 g/mol. The molecular formula is C23H22O2. The maximum Gasteiger partial charge on any atom is 0.0963 e. The summed E-state index contributed by atoms with van der Waals surface area (Å²) in [6.07, 6.45) is 1.20. The van der Waals surface area contributed by atoms with Crippen molar-refractivity contribution in [2.45, 2.75) is 12.7 Å². The van der Waals surface area contributed by atoms with E-state index >= 15 is 0 Å². The summed E-state index contributed by atoms with van der Waals surface area (Å²) in [5.74, 6) is 0. The minimum absolute atomic E-state index is 0.262. The molecule has 2 nitrogen and oxygen atoms in total. The summed E-state index contributed by atoms with van der Waals surface area (Å²) in [4.78, 5) is 0. The Morgan fingerprint density at radius 3 is 1.76 bits per heavy atom. The van der Waals surface area contributed by atoms with Crippen molar-refractivity contribution in [3.63, 3.8) is 0 Å². The predicted octanol–water partition coefficient (Wildman–Crippen LogP) is 4.70. The van der Waals surface area contributed by atoms with Gasteiger partial charge in [0.25, 0.3) is 0 Å². The number of rotatable bonds is 7. The first kappa shape index (κ1) is 17.2. The van der Waals surface area contributed by atoms with Crippen LogP contribution in [0.25, 0.3) is 5.57 Å². The fourth-order valence-electron chi connectivity index (χ4n) is 2.71. The zero-order chi connectivity index (χ0) is 17.3. The van der Waals surface area contributed by atoms with Gasteiger partial charge < -0.3 is 9.84 Å². The highest BCUT2D eigenvalue weighted by Crippen LogP contribution is 2.23. The third kappa shape index (κ3) is 5.15.